The molecular weight excluding hydrogens is 428 g/mol. The molecule has 156 valence electrons. The van der Waals surface area contributed by atoms with Crippen molar-refractivity contribution < 1.29 is 9.53 Å². The second-order valence-corrected chi connectivity index (χ2v) is 8.44. The highest BCUT2D eigenvalue weighted by Crippen LogP contribution is 2.29. The summed E-state index contributed by atoms with van der Waals surface area (Å²) in [6.07, 6.45) is 1.98. The fourth-order valence-electron chi connectivity index (χ4n) is 3.11. The molecule has 31 heavy (non-hydrogen) atoms. The van der Waals surface area contributed by atoms with E-state index in [1.807, 2.05) is 90.5 Å². The lowest BCUT2D eigenvalue weighted by molar-refractivity contribution is 0.102. The van der Waals surface area contributed by atoms with Crippen molar-refractivity contribution in [2.24, 2.45) is 0 Å². The summed E-state index contributed by atoms with van der Waals surface area (Å²) >= 11 is 7.48. The maximum absolute atomic E-state index is 12.7. The van der Waals surface area contributed by atoms with E-state index in [2.05, 4.69) is 0 Å². The average molecular weight is 449 g/mol. The Morgan fingerprint density at radius 3 is 2.32 bits per heavy atom. The van der Waals surface area contributed by atoms with E-state index in [9.17, 15) is 4.79 Å². The summed E-state index contributed by atoms with van der Waals surface area (Å²) in [5, 5.41) is 1.41. The number of hydrogen-bond donors (Lipinski definition) is 0. The van der Waals surface area contributed by atoms with E-state index in [4.69, 9.17) is 21.3 Å². The zero-order valence-electron chi connectivity index (χ0n) is 17.2. The highest BCUT2D eigenvalue weighted by Gasteiger charge is 2.15. The first-order valence-corrected chi connectivity index (χ1v) is 11.1. The van der Waals surface area contributed by atoms with E-state index in [0.29, 0.717) is 16.3 Å². The molecule has 0 unspecified atom stereocenters. The van der Waals surface area contributed by atoms with Crippen LogP contribution in [0.1, 0.15) is 15.9 Å². The first-order valence-electron chi connectivity index (χ1n) is 9.76. The molecule has 0 aliphatic carbocycles. The van der Waals surface area contributed by atoms with Crippen LogP contribution < -0.4 is 4.74 Å². The van der Waals surface area contributed by atoms with Crippen molar-refractivity contribution in [2.45, 2.75) is 12.1 Å². The summed E-state index contributed by atoms with van der Waals surface area (Å²) in [5.74, 6) is 1.16. The fourth-order valence-corrected chi connectivity index (χ4v) is 4.12. The third-order valence-electron chi connectivity index (χ3n) is 4.87. The summed E-state index contributed by atoms with van der Waals surface area (Å²) in [5.41, 5.74) is 4.56. The molecule has 4 rings (SSSR count). The molecular formula is C25H21ClN2O2S. The Labute approximate surface area is 190 Å². The quantitative estimate of drug-likeness (QED) is 0.239. The third kappa shape index (κ3) is 5.01. The topological polar surface area (TPSA) is 44.1 Å². The number of methoxy groups -OCH3 is 1. The van der Waals surface area contributed by atoms with E-state index in [-0.39, 0.29) is 5.78 Å². The lowest BCUT2D eigenvalue weighted by atomic mass is 10.1. The molecule has 0 atom stereocenters. The number of thioether (sulfide) groups is 1. The van der Waals surface area contributed by atoms with E-state index < -0.39 is 0 Å². The van der Waals surface area contributed by atoms with Gasteiger partial charge in [0, 0.05) is 28.0 Å². The largest absolute Gasteiger partial charge is 0.497 e. The van der Waals surface area contributed by atoms with Crippen LogP contribution in [-0.2, 0) is 0 Å². The van der Waals surface area contributed by atoms with Gasteiger partial charge in [0.25, 0.3) is 0 Å². The molecule has 0 saturated carbocycles. The van der Waals surface area contributed by atoms with Crippen molar-refractivity contribution in [3.63, 3.8) is 0 Å². The van der Waals surface area contributed by atoms with Crippen molar-refractivity contribution in [1.82, 2.24) is 9.55 Å². The van der Waals surface area contributed by atoms with Gasteiger partial charge in [-0.25, -0.2) is 4.98 Å². The van der Waals surface area contributed by atoms with Gasteiger partial charge in [-0.3, -0.25) is 9.36 Å². The van der Waals surface area contributed by atoms with E-state index >= 15 is 0 Å². The predicted octanol–water partition coefficient (Wildman–Crippen LogP) is 6.48. The van der Waals surface area contributed by atoms with Crippen molar-refractivity contribution in [3.05, 3.63) is 95.1 Å². The van der Waals surface area contributed by atoms with Gasteiger partial charge in [-0.15, -0.1) is 0 Å². The van der Waals surface area contributed by atoms with E-state index in [0.717, 1.165) is 33.4 Å². The van der Waals surface area contributed by atoms with Crippen molar-refractivity contribution in [2.75, 3.05) is 12.9 Å². The zero-order chi connectivity index (χ0) is 21.8. The molecule has 0 amide bonds. The second-order valence-electron chi connectivity index (χ2n) is 7.06. The number of imidazole rings is 1. The number of nitrogens with zero attached hydrogens (tertiary/aromatic N) is 2. The highest BCUT2D eigenvalue weighted by atomic mass is 35.5. The van der Waals surface area contributed by atoms with E-state index in [1.165, 1.54) is 11.8 Å². The van der Waals surface area contributed by atoms with Crippen LogP contribution in [0.3, 0.4) is 0 Å². The predicted molar refractivity (Wildman–Crippen MR) is 127 cm³/mol. The monoisotopic (exact) mass is 448 g/mol. The number of ether oxygens (including phenoxy) is 1. The molecule has 0 aliphatic rings. The van der Waals surface area contributed by atoms with Gasteiger partial charge in [-0.1, -0.05) is 53.2 Å². The Hall–Kier alpha value is -3.02. The third-order valence-corrected chi connectivity index (χ3v) is 6.07. The van der Waals surface area contributed by atoms with Crippen LogP contribution in [0.25, 0.3) is 16.9 Å². The second kappa shape index (κ2) is 9.41. The molecule has 0 saturated heterocycles. The zero-order valence-corrected chi connectivity index (χ0v) is 18.8. The maximum Gasteiger partial charge on any atom is 0.173 e. The Balaban J connectivity index is 1.63. The molecule has 0 spiro atoms. The smallest absolute Gasteiger partial charge is 0.173 e. The van der Waals surface area contributed by atoms with E-state index in [1.54, 1.807) is 7.11 Å². The number of benzene rings is 3. The van der Waals surface area contributed by atoms with Crippen molar-refractivity contribution in [1.29, 1.82) is 0 Å². The minimum Gasteiger partial charge on any atom is -0.497 e. The number of halogens is 1. The number of aromatic nitrogens is 2. The SMILES string of the molecule is COc1ccc(-c2cn(-c3ccc(Cl)cc3)c(SCC(=O)c3ccc(C)cc3)n2)cc1. The molecule has 0 aliphatic heterocycles. The molecule has 1 aromatic heterocycles. The Kier molecular flexibility index (Phi) is 6.44. The van der Waals surface area contributed by atoms with Gasteiger partial charge in [-0.05, 0) is 55.5 Å². The highest BCUT2D eigenvalue weighted by molar-refractivity contribution is 7.99. The summed E-state index contributed by atoms with van der Waals surface area (Å²) in [7, 11) is 1.64. The fraction of sp³-hybridized carbons (Fsp3) is 0.120. The van der Waals surface area contributed by atoms with Crippen LogP contribution >= 0.6 is 23.4 Å². The number of ketones is 1. The van der Waals surface area contributed by atoms with Crippen LogP contribution in [0.5, 0.6) is 5.75 Å². The molecule has 0 radical (unpaired) electrons. The number of rotatable bonds is 7. The molecule has 1 heterocycles. The summed E-state index contributed by atoms with van der Waals surface area (Å²) in [6, 6.07) is 23.0. The summed E-state index contributed by atoms with van der Waals surface area (Å²) < 4.78 is 7.24. The van der Waals surface area contributed by atoms with Crippen LogP contribution in [-0.4, -0.2) is 28.2 Å². The van der Waals surface area contributed by atoms with Crippen LogP contribution in [0.15, 0.2) is 84.1 Å². The number of hydrogen-bond acceptors (Lipinski definition) is 4. The number of carbonyl (C=O) groups excluding carboxylic acids is 1. The summed E-state index contributed by atoms with van der Waals surface area (Å²) in [6.45, 7) is 2.01. The van der Waals surface area contributed by atoms with Crippen molar-refractivity contribution in [3.8, 4) is 22.7 Å². The number of carbonyl (C=O) groups is 1. The van der Waals surface area contributed by atoms with Crippen molar-refractivity contribution >= 4 is 29.1 Å². The molecule has 3 aromatic carbocycles. The first-order chi connectivity index (χ1) is 15.0. The standard InChI is InChI=1S/C25H21ClN2O2S/c1-17-3-5-19(6-4-17)24(29)16-31-25-27-23(18-7-13-22(30-2)14-8-18)15-28(25)21-11-9-20(26)10-12-21/h3-15H,16H2,1-2H3. The van der Waals surface area contributed by atoms with Crippen LogP contribution in [0, 0.1) is 6.92 Å². The molecule has 4 nitrogen and oxygen atoms in total. The van der Waals surface area contributed by atoms with Gasteiger partial charge in [0.2, 0.25) is 0 Å². The van der Waals surface area contributed by atoms with Gasteiger partial charge in [0.1, 0.15) is 5.75 Å². The Morgan fingerprint density at radius 1 is 1.00 bits per heavy atom. The van der Waals surface area contributed by atoms with Gasteiger partial charge < -0.3 is 4.74 Å². The Bertz CT molecular complexity index is 1180. The van der Waals surface area contributed by atoms with Crippen LogP contribution in [0.2, 0.25) is 5.02 Å². The summed E-state index contributed by atoms with van der Waals surface area (Å²) in [4.78, 5) is 17.5. The molecule has 0 bridgehead atoms. The van der Waals surface area contributed by atoms with Gasteiger partial charge in [0.05, 0.1) is 18.6 Å². The van der Waals surface area contributed by atoms with Gasteiger partial charge in [0.15, 0.2) is 10.9 Å². The minimum atomic E-state index is 0.0710. The lowest BCUT2D eigenvalue weighted by Gasteiger charge is -2.07. The lowest BCUT2D eigenvalue weighted by Crippen LogP contribution is -2.04. The molecule has 0 fully saturated rings. The van der Waals surface area contributed by atoms with Gasteiger partial charge >= 0.3 is 0 Å². The van der Waals surface area contributed by atoms with Gasteiger partial charge in [-0.2, -0.15) is 0 Å². The average Bonchev–Trinajstić information content (AvgIpc) is 3.22. The van der Waals surface area contributed by atoms with Crippen LogP contribution in [0.4, 0.5) is 0 Å². The molecule has 6 heteroatoms. The molecule has 0 N–H and O–H groups in total. The first kappa shape index (κ1) is 21.2. The molecule has 4 aromatic rings. The maximum atomic E-state index is 12.7. The Morgan fingerprint density at radius 2 is 1.68 bits per heavy atom. The normalized spacial score (nSPS) is 10.8. The number of aryl methyl sites for hydroxylation is 1. The number of Topliss-reactive ketones (excluding diaryl/α,β-unsaturated/α-hetero) is 1. The minimum absolute atomic E-state index is 0.0710.